The van der Waals surface area contributed by atoms with Crippen molar-refractivity contribution in [1.82, 2.24) is 9.21 Å². The van der Waals surface area contributed by atoms with E-state index in [1.54, 1.807) is 4.31 Å². The molecule has 1 fully saturated rings. The number of nitrogens with zero attached hydrogens (tertiary/aromatic N) is 2. The first-order valence-corrected chi connectivity index (χ1v) is 12.0. The molecule has 0 saturated carbocycles. The molecule has 0 amide bonds. The van der Waals surface area contributed by atoms with Crippen LogP contribution in [0.4, 0.5) is 0 Å². The van der Waals surface area contributed by atoms with E-state index in [-0.39, 0.29) is 0 Å². The highest BCUT2D eigenvalue weighted by atomic mass is 32.2. The van der Waals surface area contributed by atoms with Crippen LogP contribution in [0.3, 0.4) is 0 Å². The van der Waals surface area contributed by atoms with Crippen LogP contribution in [0.5, 0.6) is 0 Å². The van der Waals surface area contributed by atoms with Crippen molar-refractivity contribution in [3.05, 3.63) is 35.9 Å². The van der Waals surface area contributed by atoms with Crippen LogP contribution in [0.2, 0.25) is 0 Å². The summed E-state index contributed by atoms with van der Waals surface area (Å²) in [5.41, 5.74) is 1.35. The number of benzene rings is 1. The van der Waals surface area contributed by atoms with Gasteiger partial charge in [-0.05, 0) is 18.4 Å². The van der Waals surface area contributed by atoms with Crippen LogP contribution in [0.15, 0.2) is 30.3 Å². The van der Waals surface area contributed by atoms with Crippen LogP contribution < -0.4 is 0 Å². The molecule has 0 spiro atoms. The van der Waals surface area contributed by atoms with E-state index in [1.165, 1.54) is 37.7 Å². The zero-order valence-corrected chi connectivity index (χ0v) is 17.2. The van der Waals surface area contributed by atoms with Gasteiger partial charge in [0.1, 0.15) is 0 Å². The minimum Gasteiger partial charge on any atom is -0.300 e. The molecule has 148 valence electrons. The summed E-state index contributed by atoms with van der Waals surface area (Å²) >= 11 is 0. The van der Waals surface area contributed by atoms with Crippen LogP contribution in [0, 0.1) is 0 Å². The minimum atomic E-state index is -3.06. The van der Waals surface area contributed by atoms with E-state index in [2.05, 4.69) is 36.1 Å². The van der Waals surface area contributed by atoms with Gasteiger partial charge in [-0.3, -0.25) is 0 Å². The number of hydrogen-bond donors (Lipinski definition) is 0. The van der Waals surface area contributed by atoms with Gasteiger partial charge < -0.3 is 4.90 Å². The van der Waals surface area contributed by atoms with Gasteiger partial charge >= 0.3 is 0 Å². The predicted molar refractivity (Wildman–Crippen MR) is 110 cm³/mol. The van der Waals surface area contributed by atoms with Gasteiger partial charge in [0.2, 0.25) is 10.0 Å². The highest BCUT2D eigenvalue weighted by Crippen LogP contribution is 2.13. The molecule has 1 heterocycles. The maximum Gasteiger partial charge on any atom is 0.214 e. The van der Waals surface area contributed by atoms with Gasteiger partial charge in [0.15, 0.2) is 0 Å². The lowest BCUT2D eigenvalue weighted by atomic mass is 10.1. The molecule has 26 heavy (non-hydrogen) atoms. The van der Waals surface area contributed by atoms with Gasteiger partial charge in [-0.25, -0.2) is 8.42 Å². The Hall–Kier alpha value is -0.910. The Morgan fingerprint density at radius 1 is 0.846 bits per heavy atom. The topological polar surface area (TPSA) is 40.6 Å². The Morgan fingerprint density at radius 2 is 1.46 bits per heavy atom. The van der Waals surface area contributed by atoms with E-state index in [0.29, 0.717) is 18.8 Å². The summed E-state index contributed by atoms with van der Waals surface area (Å²) in [6, 6.07) is 10.5. The molecule has 5 heteroatoms. The van der Waals surface area contributed by atoms with Crippen LogP contribution >= 0.6 is 0 Å². The fraction of sp³-hybridized carbons (Fsp3) is 0.714. The number of sulfonamides is 1. The third-order valence-electron chi connectivity index (χ3n) is 5.29. The van der Waals surface area contributed by atoms with Crippen molar-refractivity contribution in [2.45, 2.75) is 58.3 Å². The Bertz CT molecular complexity index is 581. The summed E-state index contributed by atoms with van der Waals surface area (Å²) in [6.45, 7) is 6.22. The molecular weight excluding hydrogens is 344 g/mol. The molecule has 1 aliphatic rings. The van der Waals surface area contributed by atoms with Crippen LogP contribution in [-0.4, -0.2) is 56.1 Å². The Morgan fingerprint density at radius 3 is 2.12 bits per heavy atom. The maximum absolute atomic E-state index is 12.5. The van der Waals surface area contributed by atoms with Crippen LogP contribution in [-0.2, 0) is 16.4 Å². The lowest BCUT2D eigenvalue weighted by Gasteiger charge is -2.34. The standard InChI is InChI=1S/C21H36N2O2S/c1-2-3-4-5-6-7-11-20-26(24,25)23-18-16-22(17-19-23)15-14-21-12-9-8-10-13-21/h8-10,12-13H,2-7,11,14-20H2,1H3. The summed E-state index contributed by atoms with van der Waals surface area (Å²) in [5.74, 6) is 0.324. The third-order valence-corrected chi connectivity index (χ3v) is 7.25. The fourth-order valence-corrected chi connectivity index (χ4v) is 5.08. The third kappa shape index (κ3) is 7.77. The largest absolute Gasteiger partial charge is 0.300 e. The molecule has 1 aromatic rings. The van der Waals surface area contributed by atoms with Crippen molar-refractivity contribution in [2.24, 2.45) is 0 Å². The first-order valence-electron chi connectivity index (χ1n) is 10.4. The van der Waals surface area contributed by atoms with Crippen molar-refractivity contribution in [3.8, 4) is 0 Å². The molecule has 1 aromatic carbocycles. The van der Waals surface area contributed by atoms with Crippen LogP contribution in [0.1, 0.15) is 57.4 Å². The molecule has 0 aromatic heterocycles. The smallest absolute Gasteiger partial charge is 0.214 e. The number of unbranched alkanes of at least 4 members (excludes halogenated alkanes) is 6. The molecule has 0 radical (unpaired) electrons. The first-order chi connectivity index (χ1) is 12.6. The zero-order valence-electron chi connectivity index (χ0n) is 16.4. The van der Waals surface area contributed by atoms with Gasteiger partial charge in [-0.15, -0.1) is 0 Å². The van der Waals surface area contributed by atoms with Crippen molar-refractivity contribution < 1.29 is 8.42 Å². The SMILES string of the molecule is CCCCCCCCCS(=O)(=O)N1CCN(CCc2ccccc2)CC1. The molecule has 0 N–H and O–H groups in total. The predicted octanol–water partition coefficient (Wildman–Crippen LogP) is 3.93. The molecule has 0 aliphatic carbocycles. The highest BCUT2D eigenvalue weighted by molar-refractivity contribution is 7.89. The molecule has 2 rings (SSSR count). The molecule has 0 bridgehead atoms. The van der Waals surface area contributed by atoms with Gasteiger partial charge in [0.05, 0.1) is 5.75 Å². The lowest BCUT2D eigenvalue weighted by Crippen LogP contribution is -2.49. The monoisotopic (exact) mass is 380 g/mol. The molecular formula is C21H36N2O2S. The van der Waals surface area contributed by atoms with Gasteiger partial charge in [-0.1, -0.05) is 75.8 Å². The quantitative estimate of drug-likeness (QED) is 0.516. The normalized spacial score (nSPS) is 16.8. The van der Waals surface area contributed by atoms with E-state index in [4.69, 9.17) is 0 Å². The van der Waals surface area contributed by atoms with E-state index in [9.17, 15) is 8.42 Å². The second-order valence-corrected chi connectivity index (χ2v) is 9.50. The van der Waals surface area contributed by atoms with Crippen molar-refractivity contribution in [3.63, 3.8) is 0 Å². The minimum absolute atomic E-state index is 0.324. The second kappa shape index (κ2) is 11.7. The van der Waals surface area contributed by atoms with Gasteiger partial charge in [-0.2, -0.15) is 4.31 Å². The summed E-state index contributed by atoms with van der Waals surface area (Å²) in [5, 5.41) is 0. The lowest BCUT2D eigenvalue weighted by molar-refractivity contribution is 0.190. The highest BCUT2D eigenvalue weighted by Gasteiger charge is 2.26. The molecule has 1 saturated heterocycles. The van der Waals surface area contributed by atoms with E-state index in [1.807, 2.05) is 6.07 Å². The van der Waals surface area contributed by atoms with E-state index in [0.717, 1.165) is 38.9 Å². The number of piperazine rings is 1. The molecule has 0 unspecified atom stereocenters. The Balaban J connectivity index is 1.61. The maximum atomic E-state index is 12.5. The second-order valence-electron chi connectivity index (χ2n) is 7.41. The van der Waals surface area contributed by atoms with Gasteiger partial charge in [0, 0.05) is 32.7 Å². The van der Waals surface area contributed by atoms with Crippen molar-refractivity contribution in [2.75, 3.05) is 38.5 Å². The summed E-state index contributed by atoms with van der Waals surface area (Å²) in [7, 11) is -3.06. The van der Waals surface area contributed by atoms with Crippen molar-refractivity contribution in [1.29, 1.82) is 0 Å². The number of hydrogen-bond acceptors (Lipinski definition) is 3. The summed E-state index contributed by atoms with van der Waals surface area (Å²) in [6.07, 6.45) is 9.14. The Labute approximate surface area is 160 Å². The summed E-state index contributed by atoms with van der Waals surface area (Å²) < 4.78 is 26.7. The van der Waals surface area contributed by atoms with E-state index >= 15 is 0 Å². The summed E-state index contributed by atoms with van der Waals surface area (Å²) in [4.78, 5) is 2.38. The van der Waals surface area contributed by atoms with E-state index < -0.39 is 10.0 Å². The molecule has 0 atom stereocenters. The molecule has 1 aliphatic heterocycles. The zero-order chi connectivity index (χ0) is 18.7. The Kier molecular flexibility index (Phi) is 9.65. The van der Waals surface area contributed by atoms with Gasteiger partial charge in [0.25, 0.3) is 0 Å². The first kappa shape index (κ1) is 21.4. The average Bonchev–Trinajstić information content (AvgIpc) is 2.67. The average molecular weight is 381 g/mol. The molecule has 4 nitrogen and oxygen atoms in total. The van der Waals surface area contributed by atoms with Crippen molar-refractivity contribution >= 4 is 10.0 Å². The fourth-order valence-electron chi connectivity index (χ4n) is 3.53. The van der Waals surface area contributed by atoms with Crippen LogP contribution in [0.25, 0.3) is 0 Å². The number of rotatable bonds is 12.